The Kier molecular flexibility index (Phi) is 2.28. The molecule has 1 aliphatic carbocycles. The highest BCUT2D eigenvalue weighted by Gasteiger charge is 2.63. The molecule has 0 aromatic rings. The fourth-order valence-corrected chi connectivity index (χ4v) is 0.716. The Balaban J connectivity index is 2.44. The standard InChI is InChI=1S/C6H7F5O2/c7-5(8,9)3-13-6(10,11)4(12)1-2-4/h12H,1-3H2. The highest BCUT2D eigenvalue weighted by Crippen LogP contribution is 2.48. The molecule has 0 aromatic carbocycles. The number of hydrogen-bond acceptors (Lipinski definition) is 2. The van der Waals surface area contributed by atoms with Crippen molar-refractivity contribution in [3.05, 3.63) is 0 Å². The maximum Gasteiger partial charge on any atom is 0.412 e. The average molecular weight is 206 g/mol. The lowest BCUT2D eigenvalue weighted by molar-refractivity contribution is -0.330. The van der Waals surface area contributed by atoms with E-state index in [-0.39, 0.29) is 12.8 Å². The highest BCUT2D eigenvalue weighted by atomic mass is 19.4. The van der Waals surface area contributed by atoms with Crippen LogP contribution in [0.5, 0.6) is 0 Å². The smallest absolute Gasteiger partial charge is 0.381 e. The first kappa shape index (κ1) is 10.6. The summed E-state index contributed by atoms with van der Waals surface area (Å²) in [7, 11) is 0. The minimum Gasteiger partial charge on any atom is -0.381 e. The molecule has 0 atom stereocenters. The van der Waals surface area contributed by atoms with Crippen LogP contribution in [-0.4, -0.2) is 29.6 Å². The molecule has 0 bridgehead atoms. The SMILES string of the molecule is OC1(C(F)(F)OCC(F)(F)F)CC1. The van der Waals surface area contributed by atoms with Crippen LogP contribution in [0.1, 0.15) is 12.8 Å². The van der Waals surface area contributed by atoms with Crippen LogP contribution in [0.25, 0.3) is 0 Å². The van der Waals surface area contributed by atoms with Crippen molar-refractivity contribution in [1.29, 1.82) is 0 Å². The van der Waals surface area contributed by atoms with Gasteiger partial charge < -0.3 is 9.84 Å². The predicted molar refractivity (Wildman–Crippen MR) is 31.1 cm³/mol. The molecule has 0 aromatic heterocycles. The van der Waals surface area contributed by atoms with E-state index >= 15 is 0 Å². The second-order valence-corrected chi connectivity index (χ2v) is 2.95. The molecule has 0 unspecified atom stereocenters. The molecule has 0 radical (unpaired) electrons. The van der Waals surface area contributed by atoms with Crippen LogP contribution in [0, 0.1) is 0 Å². The lowest BCUT2D eigenvalue weighted by Crippen LogP contribution is -2.40. The van der Waals surface area contributed by atoms with Gasteiger partial charge in [0.1, 0.15) is 6.61 Å². The quantitative estimate of drug-likeness (QED) is 0.712. The molecule has 1 rings (SSSR count). The molecule has 0 spiro atoms. The lowest BCUT2D eigenvalue weighted by Gasteiger charge is -2.22. The van der Waals surface area contributed by atoms with Crippen LogP contribution in [0.4, 0.5) is 22.0 Å². The second kappa shape index (κ2) is 2.78. The Morgan fingerprint density at radius 2 is 1.62 bits per heavy atom. The summed E-state index contributed by atoms with van der Waals surface area (Å²) in [4.78, 5) is 0. The van der Waals surface area contributed by atoms with Crippen molar-refractivity contribution in [3.63, 3.8) is 0 Å². The predicted octanol–water partition coefficient (Wildman–Crippen LogP) is 1.68. The Bertz CT molecular complexity index is 196. The highest BCUT2D eigenvalue weighted by molar-refractivity contribution is 5.00. The van der Waals surface area contributed by atoms with Crippen LogP contribution in [-0.2, 0) is 4.74 Å². The van der Waals surface area contributed by atoms with Crippen LogP contribution < -0.4 is 0 Å². The summed E-state index contributed by atoms with van der Waals surface area (Å²) in [5, 5.41) is 8.81. The monoisotopic (exact) mass is 206 g/mol. The molecule has 1 fully saturated rings. The number of rotatable bonds is 3. The van der Waals surface area contributed by atoms with Gasteiger partial charge in [-0.05, 0) is 12.8 Å². The van der Waals surface area contributed by atoms with Crippen LogP contribution in [0.15, 0.2) is 0 Å². The van der Waals surface area contributed by atoms with Crippen molar-refractivity contribution in [2.75, 3.05) is 6.61 Å². The molecule has 0 amide bonds. The van der Waals surface area contributed by atoms with Gasteiger partial charge >= 0.3 is 12.3 Å². The number of ether oxygens (including phenoxy) is 1. The number of hydrogen-bond donors (Lipinski definition) is 1. The molecule has 1 N–H and O–H groups in total. The zero-order valence-electron chi connectivity index (χ0n) is 6.37. The van der Waals surface area contributed by atoms with E-state index in [0.29, 0.717) is 0 Å². The molecule has 2 nitrogen and oxygen atoms in total. The van der Waals surface area contributed by atoms with Crippen LogP contribution in [0.3, 0.4) is 0 Å². The first-order valence-electron chi connectivity index (χ1n) is 3.47. The van der Waals surface area contributed by atoms with Gasteiger partial charge in [0.05, 0.1) is 0 Å². The minimum absolute atomic E-state index is 0.238. The second-order valence-electron chi connectivity index (χ2n) is 2.95. The van der Waals surface area contributed by atoms with Crippen LogP contribution in [0.2, 0.25) is 0 Å². The first-order valence-corrected chi connectivity index (χ1v) is 3.47. The minimum atomic E-state index is -4.81. The van der Waals surface area contributed by atoms with Gasteiger partial charge in [-0.15, -0.1) is 0 Å². The molecule has 1 aliphatic rings. The van der Waals surface area contributed by atoms with E-state index in [9.17, 15) is 22.0 Å². The molecule has 78 valence electrons. The molecular formula is C6H7F5O2. The van der Waals surface area contributed by atoms with Gasteiger partial charge in [0.2, 0.25) is 0 Å². The Morgan fingerprint density at radius 1 is 1.15 bits per heavy atom. The van der Waals surface area contributed by atoms with Gasteiger partial charge in [0, 0.05) is 0 Å². The average Bonchev–Trinajstić information content (AvgIpc) is 2.64. The number of alkyl halides is 5. The summed E-state index contributed by atoms with van der Waals surface area (Å²) in [6, 6.07) is 0. The fourth-order valence-electron chi connectivity index (χ4n) is 0.716. The van der Waals surface area contributed by atoms with Crippen molar-refractivity contribution in [2.45, 2.75) is 30.7 Å². The normalized spacial score (nSPS) is 21.7. The molecule has 1 saturated carbocycles. The third-order valence-electron chi connectivity index (χ3n) is 1.68. The Morgan fingerprint density at radius 3 is 1.92 bits per heavy atom. The number of halogens is 5. The summed E-state index contributed by atoms with van der Waals surface area (Å²) in [6.45, 7) is -2.05. The first-order chi connectivity index (χ1) is 5.66. The van der Waals surface area contributed by atoms with E-state index in [1.165, 1.54) is 0 Å². The largest absolute Gasteiger partial charge is 0.412 e. The van der Waals surface area contributed by atoms with Crippen molar-refractivity contribution in [2.24, 2.45) is 0 Å². The van der Waals surface area contributed by atoms with Gasteiger partial charge in [0.25, 0.3) is 0 Å². The van der Waals surface area contributed by atoms with E-state index in [2.05, 4.69) is 4.74 Å². The molecule has 13 heavy (non-hydrogen) atoms. The summed E-state index contributed by atoms with van der Waals surface area (Å²) < 4.78 is 62.8. The maximum atomic E-state index is 12.6. The third kappa shape index (κ3) is 2.50. The Labute approximate surface area is 70.3 Å². The third-order valence-corrected chi connectivity index (χ3v) is 1.68. The van der Waals surface area contributed by atoms with E-state index in [0.717, 1.165) is 0 Å². The summed E-state index contributed by atoms with van der Waals surface area (Å²) in [5.74, 6) is 0. The summed E-state index contributed by atoms with van der Waals surface area (Å²) in [6.07, 6.45) is -9.40. The summed E-state index contributed by atoms with van der Waals surface area (Å²) in [5.41, 5.74) is -2.39. The maximum absolute atomic E-state index is 12.6. The van der Waals surface area contributed by atoms with Gasteiger partial charge in [0.15, 0.2) is 5.60 Å². The van der Waals surface area contributed by atoms with Crippen molar-refractivity contribution < 1.29 is 31.8 Å². The van der Waals surface area contributed by atoms with Crippen LogP contribution >= 0.6 is 0 Å². The summed E-state index contributed by atoms with van der Waals surface area (Å²) >= 11 is 0. The van der Waals surface area contributed by atoms with Gasteiger partial charge in [-0.1, -0.05) is 0 Å². The molecular weight excluding hydrogens is 199 g/mol. The van der Waals surface area contributed by atoms with Gasteiger partial charge in [-0.25, -0.2) is 0 Å². The van der Waals surface area contributed by atoms with Gasteiger partial charge in [-0.3, -0.25) is 0 Å². The zero-order chi connectivity index (χ0) is 10.3. The van der Waals surface area contributed by atoms with E-state index in [1.807, 2.05) is 0 Å². The van der Waals surface area contributed by atoms with E-state index in [1.54, 1.807) is 0 Å². The van der Waals surface area contributed by atoms with E-state index in [4.69, 9.17) is 5.11 Å². The fraction of sp³-hybridized carbons (Fsp3) is 1.00. The van der Waals surface area contributed by atoms with Crippen molar-refractivity contribution >= 4 is 0 Å². The molecule has 7 heteroatoms. The zero-order valence-corrected chi connectivity index (χ0v) is 6.37. The Hall–Kier alpha value is -0.430. The number of aliphatic hydroxyl groups is 1. The van der Waals surface area contributed by atoms with E-state index < -0.39 is 24.5 Å². The van der Waals surface area contributed by atoms with Gasteiger partial charge in [-0.2, -0.15) is 22.0 Å². The molecule has 0 saturated heterocycles. The lowest BCUT2D eigenvalue weighted by atomic mass is 10.3. The molecule has 0 heterocycles. The topological polar surface area (TPSA) is 29.5 Å². The van der Waals surface area contributed by atoms with Crippen molar-refractivity contribution in [3.8, 4) is 0 Å². The molecule has 0 aliphatic heterocycles. The van der Waals surface area contributed by atoms with Crippen molar-refractivity contribution in [1.82, 2.24) is 0 Å².